The molecule has 0 atom stereocenters. The summed E-state index contributed by atoms with van der Waals surface area (Å²) in [5.41, 5.74) is 5.41. The maximum absolute atomic E-state index is 4.59. The molecule has 0 bridgehead atoms. The predicted molar refractivity (Wildman–Crippen MR) is 103 cm³/mol. The van der Waals surface area contributed by atoms with Gasteiger partial charge in [-0.15, -0.1) is 0 Å². The molecule has 0 radical (unpaired) electrons. The van der Waals surface area contributed by atoms with Gasteiger partial charge in [-0.1, -0.05) is 60.7 Å². The van der Waals surface area contributed by atoms with E-state index in [0.29, 0.717) is 0 Å². The highest BCUT2D eigenvalue weighted by atomic mass is 15.1. The summed E-state index contributed by atoms with van der Waals surface area (Å²) in [4.78, 5) is 12.6. The summed E-state index contributed by atoms with van der Waals surface area (Å²) >= 11 is 0. The molecule has 0 spiro atoms. The average molecular weight is 328 g/mol. The van der Waals surface area contributed by atoms with Crippen LogP contribution in [0.5, 0.6) is 0 Å². The molecule has 0 aliphatic heterocycles. The van der Waals surface area contributed by atoms with Crippen LogP contribution in [0.3, 0.4) is 0 Å². The van der Waals surface area contributed by atoms with Crippen LogP contribution in [0, 0.1) is 6.92 Å². The molecule has 4 nitrogen and oxygen atoms in total. The molecule has 0 aliphatic rings. The van der Waals surface area contributed by atoms with Crippen LogP contribution >= 0.6 is 0 Å². The second kappa shape index (κ2) is 6.77. The highest BCUT2D eigenvalue weighted by molar-refractivity contribution is 5.90. The van der Waals surface area contributed by atoms with Crippen LogP contribution in [-0.2, 0) is 6.42 Å². The largest absolute Gasteiger partial charge is 0.368 e. The Labute approximate surface area is 147 Å². The fraction of sp³-hybridized carbons (Fsp3) is 0.143. The van der Waals surface area contributed by atoms with Crippen molar-refractivity contribution in [3.63, 3.8) is 0 Å². The quantitative estimate of drug-likeness (QED) is 0.563. The first-order valence-corrected chi connectivity index (χ1v) is 8.50. The normalized spacial score (nSPS) is 10.9. The van der Waals surface area contributed by atoms with Crippen LogP contribution in [0.25, 0.3) is 22.3 Å². The van der Waals surface area contributed by atoms with E-state index in [1.165, 1.54) is 5.56 Å². The molecule has 2 heterocycles. The van der Waals surface area contributed by atoms with Crippen molar-refractivity contribution in [2.45, 2.75) is 13.3 Å². The number of aromatic amines is 1. The summed E-state index contributed by atoms with van der Waals surface area (Å²) < 4.78 is 0. The monoisotopic (exact) mass is 328 g/mol. The van der Waals surface area contributed by atoms with Crippen molar-refractivity contribution < 1.29 is 0 Å². The van der Waals surface area contributed by atoms with E-state index in [0.717, 1.165) is 46.9 Å². The molecule has 0 saturated carbocycles. The zero-order chi connectivity index (χ0) is 17.1. The minimum Gasteiger partial charge on any atom is -0.368 e. The number of hydrogen-bond acceptors (Lipinski definition) is 3. The summed E-state index contributed by atoms with van der Waals surface area (Å²) in [5, 5.41) is 3.46. The maximum Gasteiger partial charge on any atom is 0.154 e. The lowest BCUT2D eigenvalue weighted by Crippen LogP contribution is -2.08. The van der Waals surface area contributed by atoms with Gasteiger partial charge in [0.05, 0.1) is 5.52 Å². The van der Waals surface area contributed by atoms with Crippen molar-refractivity contribution in [3.05, 3.63) is 78.1 Å². The van der Waals surface area contributed by atoms with Gasteiger partial charge in [0.1, 0.15) is 11.3 Å². The lowest BCUT2D eigenvalue weighted by atomic mass is 10.1. The Kier molecular flexibility index (Phi) is 4.17. The maximum atomic E-state index is 4.59. The van der Waals surface area contributed by atoms with Crippen LogP contribution in [0.15, 0.2) is 66.7 Å². The fourth-order valence-corrected chi connectivity index (χ4v) is 3.00. The van der Waals surface area contributed by atoms with Gasteiger partial charge in [-0.3, -0.25) is 0 Å². The minimum atomic E-state index is 0.772. The van der Waals surface area contributed by atoms with Gasteiger partial charge >= 0.3 is 0 Å². The first-order chi connectivity index (χ1) is 12.3. The number of fused-ring (bicyclic) bond motifs is 1. The number of nitrogens with zero attached hydrogens (tertiary/aromatic N) is 2. The number of anilines is 1. The van der Waals surface area contributed by atoms with Crippen molar-refractivity contribution in [1.29, 1.82) is 0 Å². The summed E-state index contributed by atoms with van der Waals surface area (Å²) in [7, 11) is 0. The Morgan fingerprint density at radius 3 is 2.40 bits per heavy atom. The zero-order valence-corrected chi connectivity index (χ0v) is 14.2. The Morgan fingerprint density at radius 1 is 0.920 bits per heavy atom. The zero-order valence-electron chi connectivity index (χ0n) is 14.2. The molecule has 0 saturated heterocycles. The van der Waals surface area contributed by atoms with E-state index in [1.54, 1.807) is 0 Å². The van der Waals surface area contributed by atoms with Crippen LogP contribution in [0.4, 0.5) is 5.82 Å². The number of nitrogens with one attached hydrogen (secondary N) is 2. The molecule has 2 aromatic carbocycles. The lowest BCUT2D eigenvalue weighted by Gasteiger charge is -2.07. The molecular weight excluding hydrogens is 308 g/mol. The smallest absolute Gasteiger partial charge is 0.154 e. The molecule has 2 N–H and O–H groups in total. The molecule has 4 aromatic rings. The summed E-state index contributed by atoms with van der Waals surface area (Å²) in [5.74, 6) is 1.63. The van der Waals surface area contributed by atoms with Crippen LogP contribution in [-0.4, -0.2) is 21.5 Å². The second-order valence-electron chi connectivity index (χ2n) is 6.09. The molecule has 4 heteroatoms. The Balaban J connectivity index is 1.61. The number of hydrogen-bond donors (Lipinski definition) is 2. The molecule has 0 unspecified atom stereocenters. The van der Waals surface area contributed by atoms with Crippen molar-refractivity contribution in [2.75, 3.05) is 11.9 Å². The van der Waals surface area contributed by atoms with Crippen molar-refractivity contribution in [1.82, 2.24) is 15.0 Å². The molecule has 4 rings (SSSR count). The van der Waals surface area contributed by atoms with Crippen molar-refractivity contribution in [3.8, 4) is 11.3 Å². The first kappa shape index (κ1) is 15.4. The second-order valence-corrected chi connectivity index (χ2v) is 6.09. The highest BCUT2D eigenvalue weighted by Crippen LogP contribution is 2.26. The molecule has 0 fully saturated rings. The molecule has 0 amide bonds. The number of benzene rings is 2. The average Bonchev–Trinajstić information content (AvgIpc) is 3.07. The Morgan fingerprint density at radius 2 is 1.64 bits per heavy atom. The van der Waals surface area contributed by atoms with Gasteiger partial charge in [0.25, 0.3) is 0 Å². The van der Waals surface area contributed by atoms with E-state index >= 15 is 0 Å². The van der Waals surface area contributed by atoms with E-state index in [2.05, 4.69) is 62.7 Å². The van der Waals surface area contributed by atoms with E-state index in [1.807, 2.05) is 31.2 Å². The number of rotatable bonds is 5. The third-order valence-electron chi connectivity index (χ3n) is 4.22. The topological polar surface area (TPSA) is 53.6 Å². The van der Waals surface area contributed by atoms with E-state index in [9.17, 15) is 0 Å². The van der Waals surface area contributed by atoms with Gasteiger partial charge in [-0.05, 0) is 30.5 Å². The van der Waals surface area contributed by atoms with Crippen LogP contribution in [0.1, 0.15) is 11.4 Å². The van der Waals surface area contributed by atoms with Gasteiger partial charge in [-0.25, -0.2) is 9.97 Å². The van der Waals surface area contributed by atoms with Gasteiger partial charge in [0.2, 0.25) is 0 Å². The predicted octanol–water partition coefficient (Wildman–Crippen LogP) is 4.59. The fourth-order valence-electron chi connectivity index (χ4n) is 3.00. The number of aromatic nitrogens is 3. The summed E-state index contributed by atoms with van der Waals surface area (Å²) in [6.07, 6.45) is 0.956. The molecule has 25 heavy (non-hydrogen) atoms. The van der Waals surface area contributed by atoms with E-state index in [-0.39, 0.29) is 0 Å². The van der Waals surface area contributed by atoms with Crippen LogP contribution < -0.4 is 5.32 Å². The van der Waals surface area contributed by atoms with Crippen molar-refractivity contribution in [2.24, 2.45) is 0 Å². The summed E-state index contributed by atoms with van der Waals surface area (Å²) in [6.45, 7) is 2.76. The molecule has 124 valence electrons. The van der Waals surface area contributed by atoms with Gasteiger partial charge in [0, 0.05) is 12.2 Å². The van der Waals surface area contributed by atoms with Gasteiger partial charge in [0.15, 0.2) is 5.82 Å². The van der Waals surface area contributed by atoms with E-state index < -0.39 is 0 Å². The molecular formula is C21H20N4. The highest BCUT2D eigenvalue weighted by Gasteiger charge is 2.10. The number of aryl methyl sites for hydroxylation is 1. The Bertz CT molecular complexity index is 975. The lowest BCUT2D eigenvalue weighted by molar-refractivity contribution is 0.993. The molecule has 2 aromatic heterocycles. The SMILES string of the molecule is Cc1nc(NCCc2ccccc2)c2[nH]c(-c3ccccc3)cc2n1. The van der Waals surface area contributed by atoms with Crippen LogP contribution in [0.2, 0.25) is 0 Å². The Hall–Kier alpha value is -3.14. The van der Waals surface area contributed by atoms with Gasteiger partial charge < -0.3 is 10.3 Å². The summed E-state index contributed by atoms with van der Waals surface area (Å²) in [6, 6.07) is 22.8. The third kappa shape index (κ3) is 3.38. The van der Waals surface area contributed by atoms with Crippen molar-refractivity contribution >= 4 is 16.9 Å². The standard InChI is InChI=1S/C21H20N4/c1-15-23-19-14-18(17-10-6-3-7-11-17)25-20(19)21(24-15)22-13-12-16-8-4-2-5-9-16/h2-11,14,25H,12-13H2,1H3,(H,22,23,24). The van der Waals surface area contributed by atoms with Gasteiger partial charge in [-0.2, -0.15) is 0 Å². The number of H-pyrrole nitrogens is 1. The first-order valence-electron chi connectivity index (χ1n) is 8.50. The third-order valence-corrected chi connectivity index (χ3v) is 4.22. The molecule has 0 aliphatic carbocycles. The minimum absolute atomic E-state index is 0.772. The van der Waals surface area contributed by atoms with E-state index in [4.69, 9.17) is 0 Å².